The number of sulfone groups is 1. The topological polar surface area (TPSA) is 115 Å². The summed E-state index contributed by atoms with van der Waals surface area (Å²) in [5, 5.41) is 0.470. The highest BCUT2D eigenvalue weighted by Gasteiger charge is 2.26. The summed E-state index contributed by atoms with van der Waals surface area (Å²) in [6.07, 6.45) is 1.66. The number of aromatic nitrogens is 1. The number of likely N-dealkylation sites (tertiary alicyclic amines) is 1. The molecule has 0 aliphatic carbocycles. The first-order chi connectivity index (χ1) is 15.6. The fraction of sp³-hybridized carbons (Fsp3) is 0.524. The van der Waals surface area contributed by atoms with E-state index in [1.54, 1.807) is 25.1 Å². The van der Waals surface area contributed by atoms with Gasteiger partial charge in [-0.2, -0.15) is 4.99 Å². The lowest BCUT2D eigenvalue weighted by molar-refractivity contribution is -0.143. The largest absolute Gasteiger partial charge is 0.465 e. The van der Waals surface area contributed by atoms with Gasteiger partial charge < -0.3 is 14.2 Å². The lowest BCUT2D eigenvalue weighted by Gasteiger charge is -2.30. The molecule has 9 nitrogen and oxygen atoms in total. The van der Waals surface area contributed by atoms with E-state index < -0.39 is 39.1 Å². The van der Waals surface area contributed by atoms with Gasteiger partial charge in [-0.05, 0) is 43.9 Å². The molecule has 0 radical (unpaired) electrons. The normalized spacial score (nSPS) is 15.7. The minimum Gasteiger partial charge on any atom is -0.465 e. The number of ether oxygens (including phenoxy) is 1. The number of amides is 2. The molecule has 1 aromatic heterocycles. The Balaban J connectivity index is 1.80. The van der Waals surface area contributed by atoms with E-state index in [1.807, 2.05) is 0 Å². The fourth-order valence-electron chi connectivity index (χ4n) is 3.54. The van der Waals surface area contributed by atoms with Crippen molar-refractivity contribution in [3.63, 3.8) is 0 Å². The van der Waals surface area contributed by atoms with Gasteiger partial charge in [-0.1, -0.05) is 29.9 Å². The Morgan fingerprint density at radius 2 is 1.91 bits per heavy atom. The van der Waals surface area contributed by atoms with Crippen LogP contribution >= 0.6 is 22.9 Å². The maximum atomic E-state index is 12.5. The van der Waals surface area contributed by atoms with E-state index in [-0.39, 0.29) is 18.0 Å². The van der Waals surface area contributed by atoms with Crippen LogP contribution in [0.2, 0.25) is 5.02 Å². The molecular weight excluding hydrogens is 490 g/mol. The zero-order valence-corrected chi connectivity index (χ0v) is 20.8. The number of hydrogen-bond donors (Lipinski definition) is 0. The summed E-state index contributed by atoms with van der Waals surface area (Å²) in [5.74, 6) is -3.04. The molecule has 3 rings (SSSR count). The molecule has 180 valence electrons. The van der Waals surface area contributed by atoms with E-state index in [0.29, 0.717) is 34.2 Å². The Bertz CT molecular complexity index is 1230. The van der Waals surface area contributed by atoms with Gasteiger partial charge in [0.1, 0.15) is 18.1 Å². The van der Waals surface area contributed by atoms with E-state index in [0.717, 1.165) is 24.2 Å². The molecule has 1 aromatic carbocycles. The molecule has 1 saturated heterocycles. The van der Waals surface area contributed by atoms with Crippen molar-refractivity contribution in [3.05, 3.63) is 28.0 Å². The van der Waals surface area contributed by atoms with Crippen molar-refractivity contribution in [1.82, 2.24) is 9.47 Å². The molecule has 1 fully saturated rings. The van der Waals surface area contributed by atoms with Crippen LogP contribution in [0.4, 0.5) is 0 Å². The van der Waals surface area contributed by atoms with Crippen LogP contribution in [0.3, 0.4) is 0 Å². The Morgan fingerprint density at radius 3 is 2.58 bits per heavy atom. The van der Waals surface area contributed by atoms with Crippen molar-refractivity contribution < 1.29 is 27.5 Å². The molecule has 33 heavy (non-hydrogen) atoms. The number of benzene rings is 1. The predicted molar refractivity (Wildman–Crippen MR) is 126 cm³/mol. The SMILES string of the molecule is CCOC(=O)Cn1c(=NC(=O)CS(=O)(=O)CC(=O)N2CCC(C)CC2)sc2cc(Cl)ccc21. The minimum absolute atomic E-state index is 0.150. The first kappa shape index (κ1) is 25.4. The fourth-order valence-corrected chi connectivity index (χ4v) is 5.96. The van der Waals surface area contributed by atoms with E-state index in [2.05, 4.69) is 11.9 Å². The summed E-state index contributed by atoms with van der Waals surface area (Å²) in [7, 11) is -4.00. The second-order valence-corrected chi connectivity index (χ2v) is 11.5. The second kappa shape index (κ2) is 10.8. The van der Waals surface area contributed by atoms with Crippen molar-refractivity contribution in [2.75, 3.05) is 31.2 Å². The molecule has 0 spiro atoms. The predicted octanol–water partition coefficient (Wildman–Crippen LogP) is 2.02. The molecule has 0 saturated carbocycles. The molecule has 1 aliphatic rings. The van der Waals surface area contributed by atoms with Crippen LogP contribution in [0.25, 0.3) is 10.2 Å². The van der Waals surface area contributed by atoms with Crippen molar-refractivity contribution in [2.24, 2.45) is 10.9 Å². The number of piperidine rings is 1. The van der Waals surface area contributed by atoms with Gasteiger partial charge in [0.05, 0.1) is 16.8 Å². The lowest BCUT2D eigenvalue weighted by atomic mass is 9.99. The number of rotatable bonds is 7. The van der Waals surface area contributed by atoms with Gasteiger partial charge >= 0.3 is 5.97 Å². The van der Waals surface area contributed by atoms with Gasteiger partial charge in [-0.3, -0.25) is 14.4 Å². The summed E-state index contributed by atoms with van der Waals surface area (Å²) in [6, 6.07) is 4.99. The lowest BCUT2D eigenvalue weighted by Crippen LogP contribution is -2.41. The minimum atomic E-state index is -4.00. The number of halogens is 1. The summed E-state index contributed by atoms with van der Waals surface area (Å²) in [4.78, 5) is 42.6. The quantitative estimate of drug-likeness (QED) is 0.521. The molecule has 0 atom stereocenters. The van der Waals surface area contributed by atoms with E-state index in [4.69, 9.17) is 16.3 Å². The molecule has 0 bridgehead atoms. The van der Waals surface area contributed by atoms with Crippen LogP contribution in [-0.4, -0.2) is 66.9 Å². The van der Waals surface area contributed by atoms with Crippen LogP contribution in [0.5, 0.6) is 0 Å². The zero-order chi connectivity index (χ0) is 24.2. The Labute approximate surface area is 200 Å². The summed E-state index contributed by atoms with van der Waals surface area (Å²) in [5.41, 5.74) is 0.612. The molecule has 12 heteroatoms. The third-order valence-electron chi connectivity index (χ3n) is 5.28. The Kier molecular flexibility index (Phi) is 8.30. The van der Waals surface area contributed by atoms with E-state index in [1.165, 1.54) is 9.47 Å². The van der Waals surface area contributed by atoms with E-state index >= 15 is 0 Å². The van der Waals surface area contributed by atoms with Crippen LogP contribution in [0.15, 0.2) is 23.2 Å². The monoisotopic (exact) mass is 515 g/mol. The first-order valence-electron chi connectivity index (χ1n) is 10.6. The van der Waals surface area contributed by atoms with Crippen LogP contribution < -0.4 is 4.80 Å². The number of esters is 1. The second-order valence-electron chi connectivity index (χ2n) is 7.99. The number of fused-ring (bicyclic) bond motifs is 1. The highest BCUT2D eigenvalue weighted by molar-refractivity contribution is 7.92. The van der Waals surface area contributed by atoms with Gasteiger partial charge in [0.2, 0.25) is 5.91 Å². The maximum absolute atomic E-state index is 12.5. The Morgan fingerprint density at radius 1 is 1.21 bits per heavy atom. The van der Waals surface area contributed by atoms with Crippen molar-refractivity contribution in [3.8, 4) is 0 Å². The van der Waals surface area contributed by atoms with Gasteiger partial charge in [0.25, 0.3) is 5.91 Å². The Hall–Kier alpha value is -2.24. The van der Waals surface area contributed by atoms with Crippen LogP contribution in [0, 0.1) is 5.92 Å². The van der Waals surface area contributed by atoms with Crippen molar-refractivity contribution in [1.29, 1.82) is 0 Å². The van der Waals surface area contributed by atoms with E-state index in [9.17, 15) is 22.8 Å². The van der Waals surface area contributed by atoms with Crippen LogP contribution in [0.1, 0.15) is 26.7 Å². The van der Waals surface area contributed by atoms with Crippen LogP contribution in [-0.2, 0) is 35.5 Å². The number of carbonyl (C=O) groups excluding carboxylic acids is 3. The highest BCUT2D eigenvalue weighted by atomic mass is 35.5. The molecule has 1 aliphatic heterocycles. The smallest absolute Gasteiger partial charge is 0.326 e. The first-order valence-corrected chi connectivity index (χ1v) is 13.6. The highest BCUT2D eigenvalue weighted by Crippen LogP contribution is 2.22. The number of hydrogen-bond acceptors (Lipinski definition) is 7. The molecule has 2 heterocycles. The molecule has 0 N–H and O–H groups in total. The number of carbonyl (C=O) groups is 3. The number of thiazole rings is 1. The molecular formula is C21H26ClN3O6S2. The number of nitrogens with zero attached hydrogens (tertiary/aromatic N) is 3. The third kappa shape index (κ3) is 6.87. The van der Waals surface area contributed by atoms with Gasteiger partial charge in [-0.15, -0.1) is 0 Å². The molecule has 0 unspecified atom stereocenters. The average molecular weight is 516 g/mol. The summed E-state index contributed by atoms with van der Waals surface area (Å²) >= 11 is 7.14. The van der Waals surface area contributed by atoms with Crippen molar-refractivity contribution >= 4 is 60.8 Å². The van der Waals surface area contributed by atoms with Gasteiger partial charge in [0.15, 0.2) is 14.6 Å². The third-order valence-corrected chi connectivity index (χ3v) is 7.93. The van der Waals surface area contributed by atoms with Crippen molar-refractivity contribution in [2.45, 2.75) is 33.2 Å². The molecule has 2 aromatic rings. The standard InChI is InChI=1S/C21H26ClN3O6S2/c1-3-31-20(28)11-25-16-5-4-15(22)10-17(16)32-21(25)23-18(26)12-33(29,30)13-19(27)24-8-6-14(2)7-9-24/h4-5,10,14H,3,6-9,11-13H2,1-2H3. The average Bonchev–Trinajstić information content (AvgIpc) is 3.03. The zero-order valence-electron chi connectivity index (χ0n) is 18.5. The molecule has 2 amide bonds. The van der Waals surface area contributed by atoms with Gasteiger partial charge in [-0.25, -0.2) is 8.42 Å². The summed E-state index contributed by atoms with van der Waals surface area (Å²) < 4.78 is 32.1. The summed E-state index contributed by atoms with van der Waals surface area (Å²) in [6.45, 7) is 4.81. The maximum Gasteiger partial charge on any atom is 0.326 e. The van der Waals surface area contributed by atoms with Gasteiger partial charge in [0, 0.05) is 18.1 Å².